The van der Waals surface area contributed by atoms with Crippen molar-refractivity contribution in [1.29, 1.82) is 0 Å². The highest BCUT2D eigenvalue weighted by molar-refractivity contribution is 5.26. The molecule has 1 aromatic rings. The Kier molecular flexibility index (Phi) is 4.44. The van der Waals surface area contributed by atoms with E-state index in [0.29, 0.717) is 31.8 Å². The number of nitrogens with two attached hydrogens (primary N) is 1. The first-order valence-corrected chi connectivity index (χ1v) is 6.08. The molecule has 1 saturated heterocycles. The van der Waals surface area contributed by atoms with Crippen LogP contribution in [0.25, 0.3) is 0 Å². The van der Waals surface area contributed by atoms with Gasteiger partial charge in [-0.05, 0) is 18.1 Å². The summed E-state index contributed by atoms with van der Waals surface area (Å²) in [5.74, 6) is 0. The van der Waals surface area contributed by atoms with E-state index in [4.69, 9.17) is 15.2 Å². The number of halogens is 3. The van der Waals surface area contributed by atoms with Gasteiger partial charge < -0.3 is 15.2 Å². The van der Waals surface area contributed by atoms with Gasteiger partial charge in [-0.15, -0.1) is 0 Å². The van der Waals surface area contributed by atoms with Gasteiger partial charge in [0.1, 0.15) is 0 Å². The Morgan fingerprint density at radius 1 is 1.32 bits per heavy atom. The predicted octanol–water partition coefficient (Wildman–Crippen LogP) is 1.99. The van der Waals surface area contributed by atoms with Crippen LogP contribution in [0.4, 0.5) is 13.2 Å². The molecule has 0 bridgehead atoms. The van der Waals surface area contributed by atoms with E-state index in [1.54, 1.807) is 6.07 Å². The quantitative estimate of drug-likeness (QED) is 0.917. The summed E-state index contributed by atoms with van der Waals surface area (Å²) in [6.07, 6.45) is -4.26. The highest BCUT2D eigenvalue weighted by Crippen LogP contribution is 2.29. The molecule has 2 unspecified atom stereocenters. The molecule has 6 heteroatoms. The molecule has 1 aliphatic rings. The first kappa shape index (κ1) is 14.3. The van der Waals surface area contributed by atoms with Gasteiger partial charge in [-0.25, -0.2) is 0 Å². The molecule has 2 N–H and O–H groups in total. The molecule has 106 valence electrons. The molecule has 0 radical (unpaired) electrons. The summed E-state index contributed by atoms with van der Waals surface area (Å²) in [6, 6.07) is 4.84. The number of alkyl halides is 3. The zero-order valence-electron chi connectivity index (χ0n) is 10.3. The number of benzene rings is 1. The Morgan fingerprint density at radius 2 is 2.11 bits per heavy atom. The van der Waals surface area contributed by atoms with Gasteiger partial charge in [0.05, 0.1) is 31.5 Å². The maximum atomic E-state index is 12.6. The summed E-state index contributed by atoms with van der Waals surface area (Å²) in [7, 11) is 0. The van der Waals surface area contributed by atoms with Crippen molar-refractivity contribution in [2.45, 2.75) is 24.7 Å². The van der Waals surface area contributed by atoms with E-state index in [2.05, 4.69) is 0 Å². The molecule has 1 aromatic carbocycles. The lowest BCUT2D eigenvalue weighted by molar-refractivity contribution is -0.137. The Morgan fingerprint density at radius 3 is 2.74 bits per heavy atom. The smallest absolute Gasteiger partial charge is 0.376 e. The third-order valence-corrected chi connectivity index (χ3v) is 3.04. The summed E-state index contributed by atoms with van der Waals surface area (Å²) in [4.78, 5) is 0. The molecule has 0 aliphatic carbocycles. The monoisotopic (exact) mass is 275 g/mol. The average Bonchev–Trinajstić information content (AvgIpc) is 2.39. The van der Waals surface area contributed by atoms with Crippen molar-refractivity contribution in [2.75, 3.05) is 19.8 Å². The molecular formula is C13H16F3NO2. The van der Waals surface area contributed by atoms with Gasteiger partial charge in [-0.3, -0.25) is 0 Å². The summed E-state index contributed by atoms with van der Waals surface area (Å²) in [6.45, 7) is 1.40. The fourth-order valence-corrected chi connectivity index (χ4v) is 2.03. The minimum atomic E-state index is -4.33. The second-order valence-electron chi connectivity index (χ2n) is 4.55. The van der Waals surface area contributed by atoms with Crippen molar-refractivity contribution < 1.29 is 22.6 Å². The Bertz CT molecular complexity index is 417. The van der Waals surface area contributed by atoms with Crippen LogP contribution >= 0.6 is 0 Å². The van der Waals surface area contributed by atoms with Crippen molar-refractivity contribution in [3.05, 3.63) is 35.4 Å². The van der Waals surface area contributed by atoms with E-state index in [0.717, 1.165) is 12.1 Å². The van der Waals surface area contributed by atoms with Crippen LogP contribution in [-0.2, 0) is 22.1 Å². The van der Waals surface area contributed by atoms with Crippen molar-refractivity contribution in [2.24, 2.45) is 5.73 Å². The summed E-state index contributed by atoms with van der Waals surface area (Å²) in [5.41, 5.74) is 5.85. The second kappa shape index (κ2) is 5.90. The van der Waals surface area contributed by atoms with Gasteiger partial charge in [0, 0.05) is 6.04 Å². The van der Waals surface area contributed by atoms with Gasteiger partial charge in [-0.1, -0.05) is 18.2 Å². The van der Waals surface area contributed by atoms with Crippen LogP contribution in [0.5, 0.6) is 0 Å². The molecule has 1 aliphatic heterocycles. The van der Waals surface area contributed by atoms with Crippen LogP contribution in [0.15, 0.2) is 24.3 Å². The lowest BCUT2D eigenvalue weighted by Crippen LogP contribution is -2.44. The van der Waals surface area contributed by atoms with Gasteiger partial charge in [0.25, 0.3) is 0 Å². The molecule has 1 fully saturated rings. The molecule has 0 saturated carbocycles. The molecule has 0 aromatic heterocycles. The maximum Gasteiger partial charge on any atom is 0.416 e. The fourth-order valence-electron chi connectivity index (χ4n) is 2.03. The zero-order chi connectivity index (χ0) is 13.9. The van der Waals surface area contributed by atoms with Crippen molar-refractivity contribution >= 4 is 0 Å². The van der Waals surface area contributed by atoms with Gasteiger partial charge in [0.2, 0.25) is 0 Å². The fraction of sp³-hybridized carbons (Fsp3) is 0.538. The van der Waals surface area contributed by atoms with Crippen LogP contribution in [0.1, 0.15) is 11.1 Å². The largest absolute Gasteiger partial charge is 0.416 e. The number of ether oxygens (including phenoxy) is 2. The molecule has 0 amide bonds. The van der Waals surface area contributed by atoms with Crippen LogP contribution in [-0.4, -0.2) is 32.0 Å². The number of rotatable bonds is 3. The third kappa shape index (κ3) is 3.92. The SMILES string of the molecule is NC(Cc1cccc(C(F)(F)F)c1)C1COCCO1. The van der Waals surface area contributed by atoms with E-state index >= 15 is 0 Å². The maximum absolute atomic E-state index is 12.6. The van der Waals surface area contributed by atoms with Crippen LogP contribution in [0.3, 0.4) is 0 Å². The molecule has 2 rings (SSSR count). The van der Waals surface area contributed by atoms with Gasteiger partial charge in [-0.2, -0.15) is 13.2 Å². The standard InChI is InChI=1S/C13H16F3NO2/c14-13(15,16)10-3-1-2-9(6-10)7-11(17)12-8-18-4-5-19-12/h1-3,6,11-12H,4-5,7-8,17H2. The molecule has 19 heavy (non-hydrogen) atoms. The molecule has 1 heterocycles. The summed E-state index contributed by atoms with van der Waals surface area (Å²) in [5, 5.41) is 0. The van der Waals surface area contributed by atoms with E-state index in [1.165, 1.54) is 6.07 Å². The van der Waals surface area contributed by atoms with E-state index in [9.17, 15) is 13.2 Å². The van der Waals surface area contributed by atoms with Crippen molar-refractivity contribution in [3.63, 3.8) is 0 Å². The van der Waals surface area contributed by atoms with Crippen molar-refractivity contribution in [3.8, 4) is 0 Å². The summed E-state index contributed by atoms with van der Waals surface area (Å²) < 4.78 is 48.4. The van der Waals surface area contributed by atoms with E-state index in [1.807, 2.05) is 0 Å². The second-order valence-corrected chi connectivity index (χ2v) is 4.55. The van der Waals surface area contributed by atoms with E-state index < -0.39 is 11.7 Å². The molecular weight excluding hydrogens is 259 g/mol. The van der Waals surface area contributed by atoms with Crippen LogP contribution in [0, 0.1) is 0 Å². The normalized spacial score (nSPS) is 22.2. The van der Waals surface area contributed by atoms with E-state index in [-0.39, 0.29) is 12.1 Å². The highest BCUT2D eigenvalue weighted by Gasteiger charge is 2.30. The molecule has 2 atom stereocenters. The minimum absolute atomic E-state index is 0.261. The van der Waals surface area contributed by atoms with Crippen LogP contribution < -0.4 is 5.73 Å². The first-order valence-electron chi connectivity index (χ1n) is 6.08. The number of hydrogen-bond acceptors (Lipinski definition) is 3. The Balaban J connectivity index is 2.02. The highest BCUT2D eigenvalue weighted by atomic mass is 19.4. The van der Waals surface area contributed by atoms with Gasteiger partial charge >= 0.3 is 6.18 Å². The van der Waals surface area contributed by atoms with Crippen molar-refractivity contribution in [1.82, 2.24) is 0 Å². The lowest BCUT2D eigenvalue weighted by Gasteiger charge is -2.28. The number of hydrogen-bond donors (Lipinski definition) is 1. The summed E-state index contributed by atoms with van der Waals surface area (Å²) >= 11 is 0. The topological polar surface area (TPSA) is 44.5 Å². The zero-order valence-corrected chi connectivity index (χ0v) is 10.3. The average molecular weight is 275 g/mol. The first-order chi connectivity index (χ1) is 8.97. The van der Waals surface area contributed by atoms with Crippen LogP contribution in [0.2, 0.25) is 0 Å². The minimum Gasteiger partial charge on any atom is -0.376 e. The predicted molar refractivity (Wildman–Crippen MR) is 63.7 cm³/mol. The molecule has 0 spiro atoms. The molecule has 3 nitrogen and oxygen atoms in total. The van der Waals surface area contributed by atoms with Gasteiger partial charge in [0.15, 0.2) is 0 Å². The Hall–Kier alpha value is -1.11. The third-order valence-electron chi connectivity index (χ3n) is 3.04. The lowest BCUT2D eigenvalue weighted by atomic mass is 10.00. The Labute approximate surface area is 109 Å².